The Bertz CT molecular complexity index is 1230. The van der Waals surface area contributed by atoms with Crippen molar-refractivity contribution in [3.8, 4) is 0 Å². The summed E-state index contributed by atoms with van der Waals surface area (Å²) in [5.74, 6) is 0.605. The first-order valence-electron chi connectivity index (χ1n) is 11.0. The second-order valence-electron chi connectivity index (χ2n) is 8.61. The van der Waals surface area contributed by atoms with Gasteiger partial charge in [-0.25, -0.2) is 4.98 Å². The third-order valence-electron chi connectivity index (χ3n) is 5.87. The van der Waals surface area contributed by atoms with Gasteiger partial charge < -0.3 is 9.80 Å². The van der Waals surface area contributed by atoms with Crippen LogP contribution in [0.2, 0.25) is 0 Å². The van der Waals surface area contributed by atoms with E-state index < -0.39 is 0 Å². The molecule has 4 aromatic rings. The molecule has 0 fully saturated rings. The fraction of sp³-hybridized carbons (Fsp3) is 0.259. The topological polar surface area (TPSA) is 52.2 Å². The average Bonchev–Trinajstić information content (AvgIpc) is 2.78. The first kappa shape index (κ1) is 21.8. The van der Waals surface area contributed by atoms with Gasteiger partial charge >= 0.3 is 0 Å². The maximum atomic E-state index is 12.4. The molecule has 1 atom stereocenters. The Morgan fingerprint density at radius 3 is 2.31 bits per heavy atom. The minimum absolute atomic E-state index is 0.123. The molecule has 5 heteroatoms. The van der Waals surface area contributed by atoms with Crippen LogP contribution >= 0.6 is 0 Å². The molecule has 0 saturated heterocycles. The highest BCUT2D eigenvalue weighted by atomic mass is 16.1. The fourth-order valence-corrected chi connectivity index (χ4v) is 4.02. The van der Waals surface area contributed by atoms with Gasteiger partial charge in [0.2, 0.25) is 5.95 Å². The van der Waals surface area contributed by atoms with Crippen LogP contribution in [0, 0.1) is 0 Å². The number of rotatable bonds is 8. The van der Waals surface area contributed by atoms with E-state index in [-0.39, 0.29) is 11.6 Å². The zero-order chi connectivity index (χ0) is 22.5. The van der Waals surface area contributed by atoms with Gasteiger partial charge in [0.1, 0.15) is 0 Å². The maximum Gasteiger partial charge on any atom is 0.252 e. The van der Waals surface area contributed by atoms with E-state index in [9.17, 15) is 4.79 Å². The first-order chi connectivity index (χ1) is 15.5. The molecule has 0 radical (unpaired) electrons. The number of aromatic amines is 1. The summed E-state index contributed by atoms with van der Waals surface area (Å²) in [6, 6.07) is 27.1. The van der Waals surface area contributed by atoms with E-state index >= 15 is 0 Å². The molecule has 5 nitrogen and oxygen atoms in total. The molecule has 1 heterocycles. The Balaban J connectivity index is 1.52. The summed E-state index contributed by atoms with van der Waals surface area (Å²) in [5.41, 5.74) is 3.09. The zero-order valence-electron chi connectivity index (χ0n) is 19.0. The van der Waals surface area contributed by atoms with Crippen LogP contribution in [0.3, 0.4) is 0 Å². The smallest absolute Gasteiger partial charge is 0.252 e. The van der Waals surface area contributed by atoms with E-state index in [0.717, 1.165) is 24.2 Å². The Labute approximate surface area is 189 Å². The SMILES string of the molecule is CN(CC(Cc1ccccc1)N(C)C)c1nc(Cc2ccc3ccccc3c2)cc(=O)[nH]1. The lowest BCUT2D eigenvalue weighted by Crippen LogP contribution is -2.41. The highest BCUT2D eigenvalue weighted by Gasteiger charge is 2.17. The fourth-order valence-electron chi connectivity index (χ4n) is 4.02. The Kier molecular flexibility index (Phi) is 6.66. The molecule has 0 aliphatic heterocycles. The standard InChI is InChI=1S/C27H30N4O/c1-30(2)25(17-20-9-5-4-6-10-20)19-31(3)27-28-24(18-26(32)29-27)16-21-13-14-22-11-7-8-12-23(22)15-21/h4-15,18,25H,16-17,19H2,1-3H3,(H,28,29,32). The van der Waals surface area contributed by atoms with Gasteiger partial charge in [-0.05, 0) is 42.4 Å². The van der Waals surface area contributed by atoms with E-state index in [1.807, 2.05) is 30.1 Å². The van der Waals surface area contributed by atoms with E-state index in [2.05, 4.69) is 78.6 Å². The monoisotopic (exact) mass is 426 g/mol. The minimum Gasteiger partial charge on any atom is -0.344 e. The quantitative estimate of drug-likeness (QED) is 0.460. The van der Waals surface area contributed by atoms with E-state index in [0.29, 0.717) is 12.4 Å². The largest absolute Gasteiger partial charge is 0.344 e. The van der Waals surface area contributed by atoms with Gasteiger partial charge in [0, 0.05) is 32.1 Å². The molecule has 0 amide bonds. The zero-order valence-corrected chi connectivity index (χ0v) is 19.0. The number of hydrogen-bond acceptors (Lipinski definition) is 4. The van der Waals surface area contributed by atoms with Crippen molar-refractivity contribution < 1.29 is 0 Å². The Hall–Kier alpha value is -3.44. The molecule has 164 valence electrons. The van der Waals surface area contributed by atoms with Crippen LogP contribution in [0.15, 0.2) is 83.7 Å². The van der Waals surface area contributed by atoms with Gasteiger partial charge in [-0.3, -0.25) is 9.78 Å². The third kappa shape index (κ3) is 5.42. The molecular formula is C27H30N4O. The van der Waals surface area contributed by atoms with Crippen molar-refractivity contribution in [3.63, 3.8) is 0 Å². The maximum absolute atomic E-state index is 12.4. The van der Waals surface area contributed by atoms with Gasteiger partial charge in [0.25, 0.3) is 5.56 Å². The van der Waals surface area contributed by atoms with Crippen LogP contribution in [-0.2, 0) is 12.8 Å². The van der Waals surface area contributed by atoms with Gasteiger partial charge in [0.05, 0.1) is 5.69 Å². The van der Waals surface area contributed by atoms with E-state index in [1.54, 1.807) is 6.07 Å². The number of fused-ring (bicyclic) bond motifs is 1. The summed E-state index contributed by atoms with van der Waals surface area (Å²) < 4.78 is 0. The van der Waals surface area contributed by atoms with Crippen LogP contribution < -0.4 is 10.5 Å². The van der Waals surface area contributed by atoms with Gasteiger partial charge in [-0.2, -0.15) is 0 Å². The lowest BCUT2D eigenvalue weighted by atomic mass is 10.0. The van der Waals surface area contributed by atoms with Gasteiger partial charge in [-0.15, -0.1) is 0 Å². The number of anilines is 1. The number of benzene rings is 3. The van der Waals surface area contributed by atoms with E-state index in [4.69, 9.17) is 4.98 Å². The first-order valence-corrected chi connectivity index (χ1v) is 11.0. The van der Waals surface area contributed by atoms with Crippen LogP contribution in [0.4, 0.5) is 5.95 Å². The number of aromatic nitrogens is 2. The molecule has 0 aliphatic rings. The normalized spacial score (nSPS) is 12.2. The molecule has 1 aromatic heterocycles. The summed E-state index contributed by atoms with van der Waals surface area (Å²) in [7, 11) is 6.17. The van der Waals surface area contributed by atoms with Crippen LogP contribution in [-0.4, -0.2) is 48.6 Å². The van der Waals surface area contributed by atoms with Crippen molar-refractivity contribution in [1.82, 2.24) is 14.9 Å². The summed E-state index contributed by atoms with van der Waals surface area (Å²) >= 11 is 0. The molecule has 4 rings (SSSR count). The number of hydrogen-bond donors (Lipinski definition) is 1. The van der Waals surface area contributed by atoms with Crippen molar-refractivity contribution in [2.45, 2.75) is 18.9 Å². The number of likely N-dealkylation sites (N-methyl/N-ethyl adjacent to an activating group) is 2. The molecule has 0 saturated carbocycles. The summed E-state index contributed by atoms with van der Waals surface area (Å²) in [4.78, 5) is 24.4. The van der Waals surface area contributed by atoms with Crippen LogP contribution in [0.5, 0.6) is 0 Å². The number of nitrogens with zero attached hydrogens (tertiary/aromatic N) is 3. The van der Waals surface area contributed by atoms with Gasteiger partial charge in [-0.1, -0.05) is 72.8 Å². The average molecular weight is 427 g/mol. The predicted molar refractivity (Wildman–Crippen MR) is 133 cm³/mol. The number of H-pyrrole nitrogens is 1. The second kappa shape index (κ2) is 9.79. The molecule has 1 unspecified atom stereocenters. The third-order valence-corrected chi connectivity index (χ3v) is 5.87. The predicted octanol–water partition coefficient (Wildman–Crippen LogP) is 4.12. The van der Waals surface area contributed by atoms with Crippen molar-refractivity contribution in [1.29, 1.82) is 0 Å². The highest BCUT2D eigenvalue weighted by molar-refractivity contribution is 5.83. The molecule has 3 aromatic carbocycles. The molecule has 0 spiro atoms. The Morgan fingerprint density at radius 1 is 0.844 bits per heavy atom. The highest BCUT2D eigenvalue weighted by Crippen LogP contribution is 2.18. The van der Waals surface area contributed by atoms with Gasteiger partial charge in [0.15, 0.2) is 0 Å². The summed E-state index contributed by atoms with van der Waals surface area (Å²) in [5, 5.41) is 2.41. The lowest BCUT2D eigenvalue weighted by molar-refractivity contribution is 0.294. The van der Waals surface area contributed by atoms with Crippen LogP contribution in [0.25, 0.3) is 10.8 Å². The lowest BCUT2D eigenvalue weighted by Gasteiger charge is -2.29. The molecule has 32 heavy (non-hydrogen) atoms. The summed E-state index contributed by atoms with van der Waals surface area (Å²) in [6.45, 7) is 0.754. The van der Waals surface area contributed by atoms with Crippen molar-refractivity contribution in [2.24, 2.45) is 0 Å². The summed E-state index contributed by atoms with van der Waals surface area (Å²) in [6.07, 6.45) is 1.55. The molecular weight excluding hydrogens is 396 g/mol. The molecule has 0 aliphatic carbocycles. The van der Waals surface area contributed by atoms with Crippen molar-refractivity contribution in [3.05, 3.63) is 106 Å². The van der Waals surface area contributed by atoms with Crippen molar-refractivity contribution in [2.75, 3.05) is 32.6 Å². The minimum atomic E-state index is -0.123. The van der Waals surface area contributed by atoms with Crippen molar-refractivity contribution >= 4 is 16.7 Å². The van der Waals surface area contributed by atoms with Crippen LogP contribution in [0.1, 0.15) is 16.8 Å². The second-order valence-corrected chi connectivity index (χ2v) is 8.61. The number of nitrogens with one attached hydrogen (secondary N) is 1. The molecule has 1 N–H and O–H groups in total. The van der Waals surface area contributed by atoms with E-state index in [1.165, 1.54) is 16.3 Å². The molecule has 0 bridgehead atoms. The Morgan fingerprint density at radius 2 is 1.56 bits per heavy atom.